The summed E-state index contributed by atoms with van der Waals surface area (Å²) in [6, 6.07) is 6.98. The molecule has 0 aromatic heterocycles. The standard InChI is InChI=1S/C20H31N3O4.ClH/c1-14(2)19(21)20(25)22-11-18(24)23(13-16-8-6-10-27-16)12-15-7-4-5-9-17(15)26-3;/h4-5,7,9,14,16,19H,6,8,10-13,21H2,1-3H3,(H,22,25);1H/t16?,19-;/m0./s1. The Labute approximate surface area is 173 Å². The number of hydrogen-bond acceptors (Lipinski definition) is 5. The van der Waals surface area contributed by atoms with Gasteiger partial charge >= 0.3 is 0 Å². The number of nitrogens with one attached hydrogen (secondary N) is 1. The summed E-state index contributed by atoms with van der Waals surface area (Å²) in [7, 11) is 1.61. The zero-order valence-corrected chi connectivity index (χ0v) is 17.7. The van der Waals surface area contributed by atoms with Crippen LogP contribution in [0.5, 0.6) is 5.75 Å². The van der Waals surface area contributed by atoms with Crippen LogP contribution in [0, 0.1) is 5.92 Å². The van der Waals surface area contributed by atoms with E-state index < -0.39 is 6.04 Å². The molecule has 28 heavy (non-hydrogen) atoms. The van der Waals surface area contributed by atoms with Gasteiger partial charge in [-0.2, -0.15) is 0 Å². The number of para-hydroxylation sites is 1. The van der Waals surface area contributed by atoms with Gasteiger partial charge in [-0.3, -0.25) is 9.59 Å². The summed E-state index contributed by atoms with van der Waals surface area (Å²) in [5.41, 5.74) is 6.76. The fourth-order valence-electron chi connectivity index (χ4n) is 3.02. The zero-order chi connectivity index (χ0) is 19.8. The maximum Gasteiger partial charge on any atom is 0.242 e. The first-order chi connectivity index (χ1) is 12.9. The second-order valence-electron chi connectivity index (χ2n) is 7.21. The predicted molar refractivity (Wildman–Crippen MR) is 110 cm³/mol. The van der Waals surface area contributed by atoms with Crippen LogP contribution >= 0.6 is 12.4 Å². The van der Waals surface area contributed by atoms with Gasteiger partial charge in [0.2, 0.25) is 11.8 Å². The van der Waals surface area contributed by atoms with Crippen molar-refractivity contribution in [3.63, 3.8) is 0 Å². The minimum atomic E-state index is -0.626. The Hall–Kier alpha value is -1.83. The van der Waals surface area contributed by atoms with E-state index in [1.807, 2.05) is 38.1 Å². The number of rotatable bonds is 9. The van der Waals surface area contributed by atoms with Crippen LogP contribution in [0.15, 0.2) is 24.3 Å². The van der Waals surface area contributed by atoms with Crippen LogP contribution in [0.25, 0.3) is 0 Å². The van der Waals surface area contributed by atoms with Crippen LogP contribution in [0.3, 0.4) is 0 Å². The van der Waals surface area contributed by atoms with Crippen molar-refractivity contribution in [1.29, 1.82) is 0 Å². The van der Waals surface area contributed by atoms with Gasteiger partial charge in [-0.1, -0.05) is 32.0 Å². The molecule has 1 fully saturated rings. The van der Waals surface area contributed by atoms with Gasteiger partial charge in [0, 0.05) is 25.3 Å². The van der Waals surface area contributed by atoms with E-state index >= 15 is 0 Å². The van der Waals surface area contributed by atoms with Crippen LogP contribution < -0.4 is 15.8 Å². The van der Waals surface area contributed by atoms with Crippen LogP contribution in [-0.4, -0.2) is 55.7 Å². The number of methoxy groups -OCH3 is 1. The molecule has 1 aromatic rings. The van der Waals surface area contributed by atoms with E-state index in [1.165, 1.54) is 0 Å². The van der Waals surface area contributed by atoms with Crippen molar-refractivity contribution in [2.75, 3.05) is 26.8 Å². The first-order valence-corrected chi connectivity index (χ1v) is 9.47. The molecule has 8 heteroatoms. The van der Waals surface area contributed by atoms with Crippen molar-refractivity contribution in [1.82, 2.24) is 10.2 Å². The number of carbonyl (C=O) groups is 2. The van der Waals surface area contributed by atoms with Gasteiger partial charge in [0.15, 0.2) is 0 Å². The minimum Gasteiger partial charge on any atom is -0.496 e. The van der Waals surface area contributed by atoms with E-state index in [9.17, 15) is 9.59 Å². The molecule has 1 aromatic carbocycles. The summed E-state index contributed by atoms with van der Waals surface area (Å²) < 4.78 is 11.1. The summed E-state index contributed by atoms with van der Waals surface area (Å²) in [6.45, 7) is 5.27. The van der Waals surface area contributed by atoms with Gasteiger partial charge < -0.3 is 25.4 Å². The van der Waals surface area contributed by atoms with Crippen LogP contribution in [-0.2, 0) is 20.9 Å². The fourth-order valence-corrected chi connectivity index (χ4v) is 3.02. The van der Waals surface area contributed by atoms with E-state index in [2.05, 4.69) is 5.32 Å². The van der Waals surface area contributed by atoms with Gasteiger partial charge in [0.05, 0.1) is 25.8 Å². The van der Waals surface area contributed by atoms with Crippen molar-refractivity contribution in [2.45, 2.75) is 45.4 Å². The molecule has 2 amide bonds. The van der Waals surface area contributed by atoms with Crippen LogP contribution in [0.4, 0.5) is 0 Å². The number of nitrogens with zero attached hydrogens (tertiary/aromatic N) is 1. The first kappa shape index (κ1) is 24.2. The van der Waals surface area contributed by atoms with Crippen molar-refractivity contribution in [2.24, 2.45) is 11.7 Å². The quantitative estimate of drug-likeness (QED) is 0.643. The summed E-state index contributed by atoms with van der Waals surface area (Å²) in [5, 5.41) is 2.66. The largest absolute Gasteiger partial charge is 0.496 e. The normalized spacial score (nSPS) is 17.0. The Balaban J connectivity index is 0.00000392. The minimum absolute atomic E-state index is 0. The Morgan fingerprint density at radius 1 is 1.36 bits per heavy atom. The Bertz CT molecular complexity index is 636. The zero-order valence-electron chi connectivity index (χ0n) is 16.8. The fraction of sp³-hybridized carbons (Fsp3) is 0.600. The maximum absolute atomic E-state index is 12.8. The van der Waals surface area contributed by atoms with Gasteiger partial charge in [-0.05, 0) is 24.8 Å². The van der Waals surface area contributed by atoms with Gasteiger partial charge in [-0.15, -0.1) is 12.4 Å². The molecule has 7 nitrogen and oxygen atoms in total. The Kier molecular flexibility index (Phi) is 10.3. The molecule has 0 aliphatic carbocycles. The molecular formula is C20H32ClN3O4. The Morgan fingerprint density at radius 3 is 2.68 bits per heavy atom. The molecule has 0 radical (unpaired) electrons. The van der Waals surface area contributed by atoms with E-state index in [0.29, 0.717) is 13.1 Å². The molecule has 158 valence electrons. The molecule has 1 aliphatic heterocycles. The summed E-state index contributed by atoms with van der Waals surface area (Å²) in [6.07, 6.45) is 1.96. The van der Waals surface area contributed by atoms with Crippen LogP contribution in [0.1, 0.15) is 32.3 Å². The predicted octanol–water partition coefficient (Wildman–Crippen LogP) is 1.72. The van der Waals surface area contributed by atoms with Crippen molar-refractivity contribution >= 4 is 24.2 Å². The molecular weight excluding hydrogens is 382 g/mol. The van der Waals surface area contributed by atoms with Crippen molar-refractivity contribution < 1.29 is 19.1 Å². The molecule has 1 heterocycles. The lowest BCUT2D eigenvalue weighted by molar-refractivity contribution is -0.135. The van der Waals surface area contributed by atoms with Gasteiger partial charge in [0.25, 0.3) is 0 Å². The first-order valence-electron chi connectivity index (χ1n) is 9.47. The highest BCUT2D eigenvalue weighted by atomic mass is 35.5. The number of ether oxygens (including phenoxy) is 2. The molecule has 0 saturated carbocycles. The Morgan fingerprint density at radius 2 is 2.07 bits per heavy atom. The number of halogens is 1. The summed E-state index contributed by atoms with van der Waals surface area (Å²) in [5.74, 6) is 0.263. The average molecular weight is 414 g/mol. The molecule has 1 unspecified atom stereocenters. The van der Waals surface area contributed by atoms with Crippen LogP contribution in [0.2, 0.25) is 0 Å². The van der Waals surface area contributed by atoms with E-state index in [0.717, 1.165) is 30.8 Å². The summed E-state index contributed by atoms with van der Waals surface area (Å²) >= 11 is 0. The number of benzene rings is 1. The lowest BCUT2D eigenvalue weighted by Crippen LogP contribution is -2.48. The molecule has 1 aliphatic rings. The van der Waals surface area contributed by atoms with Gasteiger partial charge in [-0.25, -0.2) is 0 Å². The average Bonchev–Trinajstić information content (AvgIpc) is 3.18. The SMILES string of the molecule is COc1ccccc1CN(CC1CCCO1)C(=O)CNC(=O)[C@@H](N)C(C)C.Cl. The molecule has 0 spiro atoms. The van der Waals surface area contributed by atoms with E-state index in [4.69, 9.17) is 15.2 Å². The highest BCUT2D eigenvalue weighted by molar-refractivity contribution is 5.87. The number of nitrogens with two attached hydrogens (primary N) is 1. The topological polar surface area (TPSA) is 93.9 Å². The lowest BCUT2D eigenvalue weighted by atomic mass is 10.1. The van der Waals surface area contributed by atoms with Crippen molar-refractivity contribution in [3.05, 3.63) is 29.8 Å². The third kappa shape index (κ3) is 6.96. The molecule has 3 N–H and O–H groups in total. The molecule has 1 saturated heterocycles. The molecule has 0 bridgehead atoms. The maximum atomic E-state index is 12.8. The second kappa shape index (κ2) is 11.9. The summed E-state index contributed by atoms with van der Waals surface area (Å²) in [4.78, 5) is 26.6. The van der Waals surface area contributed by atoms with Gasteiger partial charge in [0.1, 0.15) is 5.75 Å². The lowest BCUT2D eigenvalue weighted by Gasteiger charge is -2.27. The third-order valence-corrected chi connectivity index (χ3v) is 4.79. The smallest absolute Gasteiger partial charge is 0.242 e. The number of hydrogen-bond donors (Lipinski definition) is 2. The highest BCUT2D eigenvalue weighted by Gasteiger charge is 2.25. The number of carbonyl (C=O) groups excluding carboxylic acids is 2. The second-order valence-corrected chi connectivity index (χ2v) is 7.21. The third-order valence-electron chi connectivity index (χ3n) is 4.79. The van der Waals surface area contributed by atoms with E-state index in [1.54, 1.807) is 12.0 Å². The monoisotopic (exact) mass is 413 g/mol. The molecule has 2 rings (SSSR count). The highest BCUT2D eigenvalue weighted by Crippen LogP contribution is 2.21. The molecule has 2 atom stereocenters. The van der Waals surface area contributed by atoms with Crippen molar-refractivity contribution in [3.8, 4) is 5.75 Å². The van der Waals surface area contributed by atoms with E-state index in [-0.39, 0.29) is 42.8 Å². The number of amides is 2.